The zero-order chi connectivity index (χ0) is 29.3. The highest BCUT2D eigenvalue weighted by molar-refractivity contribution is 5.93. The summed E-state index contributed by atoms with van der Waals surface area (Å²) in [7, 11) is 0. The van der Waals surface area contributed by atoms with Gasteiger partial charge in [0.15, 0.2) is 0 Å². The average molecular weight is 558 g/mol. The molecule has 1 aromatic carbocycles. The molecular formula is C29H43N5O6. The minimum Gasteiger partial charge on any atom is -0.391 e. The summed E-state index contributed by atoms with van der Waals surface area (Å²) in [6.07, 6.45) is 1.05. The molecule has 1 aliphatic heterocycles. The van der Waals surface area contributed by atoms with Crippen LogP contribution in [0.4, 0.5) is 0 Å². The third-order valence-corrected chi connectivity index (χ3v) is 6.87. The van der Waals surface area contributed by atoms with Crippen LogP contribution in [0.3, 0.4) is 0 Å². The smallest absolute Gasteiger partial charge is 0.246 e. The van der Waals surface area contributed by atoms with Crippen LogP contribution in [0.1, 0.15) is 51.8 Å². The molecular weight excluding hydrogens is 514 g/mol. The highest BCUT2D eigenvalue weighted by Crippen LogP contribution is 2.26. The van der Waals surface area contributed by atoms with Gasteiger partial charge in [0.2, 0.25) is 17.7 Å². The summed E-state index contributed by atoms with van der Waals surface area (Å²) >= 11 is 0. The van der Waals surface area contributed by atoms with Crippen molar-refractivity contribution in [1.29, 1.82) is 0 Å². The van der Waals surface area contributed by atoms with Crippen LogP contribution in [0.5, 0.6) is 0 Å². The molecule has 4 N–H and O–H groups in total. The number of aromatic amines is 1. The van der Waals surface area contributed by atoms with Crippen molar-refractivity contribution in [3.05, 3.63) is 41.9 Å². The molecule has 0 spiro atoms. The lowest BCUT2D eigenvalue weighted by molar-refractivity contribution is -0.144. The molecule has 1 aliphatic rings. The van der Waals surface area contributed by atoms with Crippen molar-refractivity contribution in [2.24, 2.45) is 5.41 Å². The normalized spacial score (nSPS) is 18.0. The number of aryl methyl sites for hydroxylation is 1. The molecule has 220 valence electrons. The molecule has 40 heavy (non-hydrogen) atoms. The average Bonchev–Trinajstić information content (AvgIpc) is 3.52. The Bertz CT molecular complexity index is 1130. The Labute approximate surface area is 236 Å². The first-order chi connectivity index (χ1) is 19.0. The van der Waals surface area contributed by atoms with Crippen molar-refractivity contribution in [1.82, 2.24) is 25.5 Å². The Kier molecular flexibility index (Phi) is 11.2. The van der Waals surface area contributed by atoms with E-state index in [0.29, 0.717) is 19.8 Å². The summed E-state index contributed by atoms with van der Waals surface area (Å²) < 4.78 is 10.6. The third-order valence-electron chi connectivity index (χ3n) is 6.87. The van der Waals surface area contributed by atoms with Gasteiger partial charge in [0, 0.05) is 32.5 Å². The van der Waals surface area contributed by atoms with Gasteiger partial charge in [-0.3, -0.25) is 14.4 Å². The van der Waals surface area contributed by atoms with Crippen molar-refractivity contribution in [3.63, 3.8) is 0 Å². The molecule has 11 heteroatoms. The van der Waals surface area contributed by atoms with E-state index >= 15 is 0 Å². The van der Waals surface area contributed by atoms with E-state index in [1.807, 2.05) is 58.9 Å². The molecule has 1 fully saturated rings. The maximum Gasteiger partial charge on any atom is 0.246 e. The zero-order valence-electron chi connectivity index (χ0n) is 24.2. The first-order valence-corrected chi connectivity index (χ1v) is 13.8. The van der Waals surface area contributed by atoms with Crippen molar-refractivity contribution in [2.75, 3.05) is 33.0 Å². The van der Waals surface area contributed by atoms with E-state index in [1.54, 1.807) is 6.33 Å². The van der Waals surface area contributed by atoms with Gasteiger partial charge < -0.3 is 35.1 Å². The van der Waals surface area contributed by atoms with Crippen molar-refractivity contribution < 1.29 is 29.0 Å². The van der Waals surface area contributed by atoms with E-state index < -0.39 is 29.5 Å². The van der Waals surface area contributed by atoms with Crippen molar-refractivity contribution in [2.45, 2.75) is 72.2 Å². The van der Waals surface area contributed by atoms with Gasteiger partial charge in [-0.2, -0.15) is 0 Å². The van der Waals surface area contributed by atoms with Gasteiger partial charge in [-0.05, 0) is 30.4 Å². The summed E-state index contributed by atoms with van der Waals surface area (Å²) in [5.41, 5.74) is 3.12. The van der Waals surface area contributed by atoms with E-state index in [9.17, 15) is 19.5 Å². The molecule has 3 amide bonds. The number of hydrogen-bond acceptors (Lipinski definition) is 7. The number of rotatable bonds is 13. The first-order valence-electron chi connectivity index (χ1n) is 13.8. The van der Waals surface area contributed by atoms with Crippen LogP contribution in [-0.2, 0) is 30.4 Å². The van der Waals surface area contributed by atoms with Crippen molar-refractivity contribution >= 4 is 17.7 Å². The Balaban J connectivity index is 1.59. The maximum atomic E-state index is 13.7. The fraction of sp³-hybridized carbons (Fsp3) is 0.586. The second-order valence-electron chi connectivity index (χ2n) is 11.1. The molecule has 0 radical (unpaired) electrons. The lowest BCUT2D eigenvalue weighted by Gasteiger charge is -2.35. The van der Waals surface area contributed by atoms with Gasteiger partial charge in [0.05, 0.1) is 43.6 Å². The number of carbonyl (C=O) groups is 3. The lowest BCUT2D eigenvalue weighted by Crippen LogP contribution is -2.57. The molecule has 3 rings (SSSR count). The number of nitrogens with zero attached hydrogens (tertiary/aromatic N) is 2. The van der Waals surface area contributed by atoms with Crippen LogP contribution >= 0.6 is 0 Å². The second-order valence-corrected chi connectivity index (χ2v) is 11.1. The van der Waals surface area contributed by atoms with E-state index in [4.69, 9.17) is 9.47 Å². The zero-order valence-corrected chi connectivity index (χ0v) is 24.2. The molecule has 11 nitrogen and oxygen atoms in total. The predicted octanol–water partition coefficient (Wildman–Crippen LogP) is 1.94. The Morgan fingerprint density at radius 1 is 1.15 bits per heavy atom. The number of imidazole rings is 1. The number of benzene rings is 1. The van der Waals surface area contributed by atoms with E-state index in [2.05, 4.69) is 20.6 Å². The largest absolute Gasteiger partial charge is 0.391 e. The lowest BCUT2D eigenvalue weighted by atomic mass is 9.85. The standard InChI is InChI=1S/C29H43N5O6/c1-6-39-13-14-40-12-11-24(36)33-26(29(3,4)5)28(38)34-17-22(35)15-23(34)27(37)30-16-20-7-9-21(10-8-20)25-19(2)31-18-32-25/h7-10,18,22-23,26,35H,6,11-17H2,1-5H3,(H,30,37)(H,31,32)(H,33,36)/t22-,23+,26?/m1/s1. The highest BCUT2D eigenvalue weighted by atomic mass is 16.5. The number of aliphatic hydroxyl groups is 1. The summed E-state index contributed by atoms with van der Waals surface area (Å²) in [4.78, 5) is 48.2. The Morgan fingerprint density at radius 3 is 2.48 bits per heavy atom. The fourth-order valence-electron chi connectivity index (χ4n) is 4.63. The number of aromatic nitrogens is 2. The third kappa shape index (κ3) is 8.61. The quantitative estimate of drug-likeness (QED) is 0.275. The Morgan fingerprint density at radius 2 is 1.85 bits per heavy atom. The number of ether oxygens (including phenoxy) is 2. The van der Waals surface area contributed by atoms with Gasteiger partial charge in [0.25, 0.3) is 0 Å². The van der Waals surface area contributed by atoms with Crippen LogP contribution in [0.25, 0.3) is 11.3 Å². The van der Waals surface area contributed by atoms with E-state index in [0.717, 1.165) is 22.5 Å². The number of carbonyl (C=O) groups excluding carboxylic acids is 3. The predicted molar refractivity (Wildman–Crippen MR) is 150 cm³/mol. The minimum absolute atomic E-state index is 0.0259. The first kappa shape index (κ1) is 31.3. The fourth-order valence-corrected chi connectivity index (χ4v) is 4.63. The number of nitrogens with one attached hydrogen (secondary N) is 3. The highest BCUT2D eigenvalue weighted by Gasteiger charge is 2.44. The number of aliphatic hydroxyl groups excluding tert-OH is 1. The van der Waals surface area contributed by atoms with Gasteiger partial charge in [-0.1, -0.05) is 45.0 Å². The number of likely N-dealkylation sites (tertiary alicyclic amines) is 1. The maximum absolute atomic E-state index is 13.7. The topological polar surface area (TPSA) is 146 Å². The van der Waals surface area contributed by atoms with Gasteiger partial charge >= 0.3 is 0 Å². The van der Waals surface area contributed by atoms with Crippen LogP contribution in [0.2, 0.25) is 0 Å². The SMILES string of the molecule is CCOCCOCCC(=O)NC(C(=O)N1C[C@H](O)C[C@H]1C(=O)NCc1ccc(-c2[nH]cnc2C)cc1)C(C)(C)C. The molecule has 2 aromatic rings. The summed E-state index contributed by atoms with van der Waals surface area (Å²) in [5.74, 6) is -1.06. The van der Waals surface area contributed by atoms with Gasteiger partial charge in [0.1, 0.15) is 12.1 Å². The number of β-amino-alcohol motifs (C(OH)–C–C–N with tert-alkyl or cyclic N) is 1. The van der Waals surface area contributed by atoms with Gasteiger partial charge in [-0.25, -0.2) is 4.98 Å². The molecule has 3 atom stereocenters. The van der Waals surface area contributed by atoms with E-state index in [1.165, 1.54) is 4.90 Å². The van der Waals surface area contributed by atoms with Crippen LogP contribution < -0.4 is 10.6 Å². The van der Waals surface area contributed by atoms with Crippen molar-refractivity contribution in [3.8, 4) is 11.3 Å². The number of amides is 3. The van der Waals surface area contributed by atoms with Gasteiger partial charge in [-0.15, -0.1) is 0 Å². The molecule has 2 heterocycles. The summed E-state index contributed by atoms with van der Waals surface area (Å²) in [6, 6.07) is 6.05. The summed E-state index contributed by atoms with van der Waals surface area (Å²) in [6.45, 7) is 11.3. The van der Waals surface area contributed by atoms with Crippen LogP contribution in [0, 0.1) is 12.3 Å². The second kappa shape index (κ2) is 14.4. The molecule has 1 aromatic heterocycles. The number of hydrogen-bond donors (Lipinski definition) is 4. The van der Waals surface area contributed by atoms with E-state index in [-0.39, 0.29) is 44.4 Å². The molecule has 0 aliphatic carbocycles. The number of H-pyrrole nitrogens is 1. The molecule has 1 saturated heterocycles. The molecule has 1 unspecified atom stereocenters. The van der Waals surface area contributed by atoms with Crippen LogP contribution in [0.15, 0.2) is 30.6 Å². The minimum atomic E-state index is -0.873. The molecule has 0 bridgehead atoms. The summed E-state index contributed by atoms with van der Waals surface area (Å²) in [5, 5.41) is 16.1. The Hall–Kier alpha value is -3.28. The molecule has 0 saturated carbocycles. The van der Waals surface area contributed by atoms with Crippen LogP contribution in [-0.4, -0.2) is 88.9 Å². The monoisotopic (exact) mass is 557 g/mol.